The first-order chi connectivity index (χ1) is 9.83. The van der Waals surface area contributed by atoms with Crippen molar-refractivity contribution >= 4 is 0 Å². The maximum absolute atomic E-state index is 5.34. The molecule has 20 heavy (non-hydrogen) atoms. The molecule has 1 heterocycles. The number of benzene rings is 1. The van der Waals surface area contributed by atoms with Crippen molar-refractivity contribution in [1.82, 2.24) is 15.1 Å². The third-order valence-electron chi connectivity index (χ3n) is 4.07. The van der Waals surface area contributed by atoms with Crippen LogP contribution in [0, 0.1) is 0 Å². The first kappa shape index (κ1) is 13.2. The number of likely N-dealkylation sites (N-methyl/N-ethyl adjacent to an activating group) is 1. The van der Waals surface area contributed by atoms with E-state index in [4.69, 9.17) is 4.74 Å². The normalized spacial score (nSPS) is 21.5. The molecule has 1 aromatic heterocycles. The van der Waals surface area contributed by atoms with E-state index >= 15 is 0 Å². The predicted molar refractivity (Wildman–Crippen MR) is 79.0 cm³/mol. The van der Waals surface area contributed by atoms with Crippen LogP contribution in [0.1, 0.15) is 36.6 Å². The molecule has 1 aliphatic rings. The summed E-state index contributed by atoms with van der Waals surface area (Å²) in [5.41, 5.74) is 2.76. The summed E-state index contributed by atoms with van der Waals surface area (Å²) in [6.45, 7) is 3.10. The van der Waals surface area contributed by atoms with E-state index in [-0.39, 0.29) is 0 Å². The fourth-order valence-electron chi connectivity index (χ4n) is 3.13. The summed E-state index contributed by atoms with van der Waals surface area (Å²) in [5.74, 6) is 0.941. The molecular formula is C16H21N3O. The van der Waals surface area contributed by atoms with Crippen molar-refractivity contribution in [3.8, 4) is 5.75 Å². The summed E-state index contributed by atoms with van der Waals surface area (Å²) in [4.78, 5) is 0. The molecule has 106 valence electrons. The summed E-state index contributed by atoms with van der Waals surface area (Å²) >= 11 is 0. The Bertz CT molecular complexity index is 565. The lowest BCUT2D eigenvalue weighted by molar-refractivity contribution is 0.299. The van der Waals surface area contributed by atoms with E-state index in [0.717, 1.165) is 25.1 Å². The largest absolute Gasteiger partial charge is 0.497 e. The molecule has 1 aliphatic carbocycles. The summed E-state index contributed by atoms with van der Waals surface area (Å²) in [7, 11) is 1.72. The first-order valence-electron chi connectivity index (χ1n) is 7.22. The van der Waals surface area contributed by atoms with E-state index in [2.05, 4.69) is 46.4 Å². The summed E-state index contributed by atoms with van der Waals surface area (Å²) in [6, 6.07) is 9.09. The van der Waals surface area contributed by atoms with Crippen molar-refractivity contribution in [2.45, 2.75) is 31.8 Å². The maximum atomic E-state index is 5.34. The van der Waals surface area contributed by atoms with Crippen molar-refractivity contribution in [3.05, 3.63) is 47.8 Å². The fourth-order valence-corrected chi connectivity index (χ4v) is 3.13. The number of nitrogens with zero attached hydrogens (tertiary/aromatic N) is 2. The predicted octanol–water partition coefficient (Wildman–Crippen LogP) is 2.73. The Labute approximate surface area is 119 Å². The van der Waals surface area contributed by atoms with Gasteiger partial charge < -0.3 is 10.1 Å². The number of fused-ring (bicyclic) bond motifs is 1. The molecule has 0 bridgehead atoms. The second kappa shape index (κ2) is 5.67. The molecule has 2 unspecified atom stereocenters. The number of nitrogens with one attached hydrogen (secondary N) is 1. The number of methoxy groups -OCH3 is 1. The van der Waals surface area contributed by atoms with Crippen LogP contribution in [-0.4, -0.2) is 23.4 Å². The van der Waals surface area contributed by atoms with E-state index in [1.54, 1.807) is 7.11 Å². The highest BCUT2D eigenvalue weighted by molar-refractivity contribution is 5.40. The Morgan fingerprint density at radius 1 is 1.45 bits per heavy atom. The minimum absolute atomic E-state index is 0.314. The van der Waals surface area contributed by atoms with Gasteiger partial charge in [0.2, 0.25) is 0 Å². The molecule has 0 fully saturated rings. The lowest BCUT2D eigenvalue weighted by Crippen LogP contribution is -2.34. The van der Waals surface area contributed by atoms with E-state index in [0.29, 0.717) is 12.1 Å². The molecule has 0 saturated carbocycles. The first-order valence-corrected chi connectivity index (χ1v) is 7.22. The van der Waals surface area contributed by atoms with Crippen LogP contribution in [0.2, 0.25) is 0 Å². The summed E-state index contributed by atoms with van der Waals surface area (Å²) < 4.78 is 7.42. The summed E-state index contributed by atoms with van der Waals surface area (Å²) in [5, 5.41) is 8.05. The van der Waals surface area contributed by atoms with E-state index in [1.807, 2.05) is 12.3 Å². The molecule has 0 saturated heterocycles. The molecule has 4 nitrogen and oxygen atoms in total. The third kappa shape index (κ3) is 2.31. The van der Waals surface area contributed by atoms with Crippen LogP contribution >= 0.6 is 0 Å². The molecule has 0 aliphatic heterocycles. The SMILES string of the molecule is CCNC1c2ccc(OC)cc2CCC1n1cccn1. The minimum atomic E-state index is 0.314. The van der Waals surface area contributed by atoms with Crippen molar-refractivity contribution in [2.75, 3.05) is 13.7 Å². The Hall–Kier alpha value is -1.81. The highest BCUT2D eigenvalue weighted by Crippen LogP contribution is 2.38. The van der Waals surface area contributed by atoms with Crippen molar-refractivity contribution in [1.29, 1.82) is 0 Å². The van der Waals surface area contributed by atoms with Gasteiger partial charge in [0.1, 0.15) is 5.75 Å². The third-order valence-corrected chi connectivity index (χ3v) is 4.07. The van der Waals surface area contributed by atoms with Gasteiger partial charge in [-0.1, -0.05) is 13.0 Å². The second-order valence-electron chi connectivity index (χ2n) is 5.19. The Morgan fingerprint density at radius 3 is 3.05 bits per heavy atom. The van der Waals surface area contributed by atoms with Crippen molar-refractivity contribution < 1.29 is 4.74 Å². The van der Waals surface area contributed by atoms with Gasteiger partial charge in [-0.25, -0.2) is 0 Å². The Balaban J connectivity index is 1.97. The molecule has 2 atom stereocenters. The van der Waals surface area contributed by atoms with Gasteiger partial charge in [0.25, 0.3) is 0 Å². The number of hydrogen-bond acceptors (Lipinski definition) is 3. The quantitative estimate of drug-likeness (QED) is 0.929. The average Bonchev–Trinajstić information content (AvgIpc) is 3.01. The average molecular weight is 271 g/mol. The zero-order valence-electron chi connectivity index (χ0n) is 12.0. The van der Waals surface area contributed by atoms with Gasteiger partial charge in [-0.05, 0) is 48.7 Å². The van der Waals surface area contributed by atoms with Crippen LogP contribution in [0.5, 0.6) is 5.75 Å². The minimum Gasteiger partial charge on any atom is -0.497 e. The lowest BCUT2D eigenvalue weighted by Gasteiger charge is -2.34. The van der Waals surface area contributed by atoms with Crippen LogP contribution in [-0.2, 0) is 6.42 Å². The highest BCUT2D eigenvalue weighted by atomic mass is 16.5. The van der Waals surface area contributed by atoms with Crippen LogP contribution in [0.3, 0.4) is 0 Å². The van der Waals surface area contributed by atoms with E-state index in [9.17, 15) is 0 Å². The van der Waals surface area contributed by atoms with Crippen molar-refractivity contribution in [2.24, 2.45) is 0 Å². The fraction of sp³-hybridized carbons (Fsp3) is 0.438. The zero-order chi connectivity index (χ0) is 13.9. The summed E-state index contributed by atoms with van der Waals surface area (Å²) in [6.07, 6.45) is 6.08. The second-order valence-corrected chi connectivity index (χ2v) is 5.19. The monoisotopic (exact) mass is 271 g/mol. The van der Waals surface area contributed by atoms with Crippen LogP contribution < -0.4 is 10.1 Å². The van der Waals surface area contributed by atoms with Crippen molar-refractivity contribution in [3.63, 3.8) is 0 Å². The van der Waals surface area contributed by atoms with Gasteiger partial charge in [0, 0.05) is 12.4 Å². The van der Waals surface area contributed by atoms with Crippen LogP contribution in [0.4, 0.5) is 0 Å². The molecule has 3 rings (SSSR count). The van der Waals surface area contributed by atoms with Gasteiger partial charge in [-0.2, -0.15) is 5.10 Å². The number of rotatable bonds is 4. The number of ether oxygens (including phenoxy) is 1. The van der Waals surface area contributed by atoms with Gasteiger partial charge >= 0.3 is 0 Å². The Kier molecular flexibility index (Phi) is 3.74. The molecular weight excluding hydrogens is 250 g/mol. The van der Waals surface area contributed by atoms with E-state index < -0.39 is 0 Å². The molecule has 0 radical (unpaired) electrons. The molecule has 1 N–H and O–H groups in total. The van der Waals surface area contributed by atoms with E-state index in [1.165, 1.54) is 11.1 Å². The van der Waals surface area contributed by atoms with Gasteiger partial charge in [-0.15, -0.1) is 0 Å². The topological polar surface area (TPSA) is 39.1 Å². The van der Waals surface area contributed by atoms with Crippen LogP contribution in [0.15, 0.2) is 36.7 Å². The molecule has 4 heteroatoms. The molecule has 0 spiro atoms. The van der Waals surface area contributed by atoms with Gasteiger partial charge in [-0.3, -0.25) is 4.68 Å². The molecule has 2 aromatic rings. The standard InChI is InChI=1S/C16H21N3O/c1-3-17-16-14-7-6-13(20-2)11-12(14)5-8-15(16)19-10-4-9-18-19/h4,6-7,9-11,15-17H,3,5,8H2,1-2H3. The highest BCUT2D eigenvalue weighted by Gasteiger charge is 2.30. The number of hydrogen-bond donors (Lipinski definition) is 1. The lowest BCUT2D eigenvalue weighted by atomic mass is 9.84. The molecule has 1 aromatic carbocycles. The maximum Gasteiger partial charge on any atom is 0.119 e. The zero-order valence-corrected chi connectivity index (χ0v) is 12.0. The number of aromatic nitrogens is 2. The number of aryl methyl sites for hydroxylation is 1. The molecule has 0 amide bonds. The van der Waals surface area contributed by atoms with Crippen LogP contribution in [0.25, 0.3) is 0 Å². The van der Waals surface area contributed by atoms with Gasteiger partial charge in [0.15, 0.2) is 0 Å². The Morgan fingerprint density at radius 2 is 2.35 bits per heavy atom. The smallest absolute Gasteiger partial charge is 0.119 e. The van der Waals surface area contributed by atoms with Gasteiger partial charge in [0.05, 0.1) is 19.2 Å².